The second-order valence-electron chi connectivity index (χ2n) is 4.63. The highest BCUT2D eigenvalue weighted by atomic mass is 35.5. The molecule has 0 saturated carbocycles. The van der Waals surface area contributed by atoms with Gasteiger partial charge in [-0.1, -0.05) is 18.5 Å². The first kappa shape index (κ1) is 17.9. The van der Waals surface area contributed by atoms with Crippen LogP contribution in [0.5, 0.6) is 0 Å². The summed E-state index contributed by atoms with van der Waals surface area (Å²) in [6.07, 6.45) is 0.745. The molecule has 0 fully saturated rings. The summed E-state index contributed by atoms with van der Waals surface area (Å²) in [5, 5.41) is 4.53. The number of nitrogens with one attached hydrogen (secondary N) is 2. The first-order valence-electron chi connectivity index (χ1n) is 6.73. The van der Waals surface area contributed by atoms with Crippen LogP contribution in [0.4, 0.5) is 4.79 Å². The number of rotatable bonds is 5. The Morgan fingerprint density at radius 1 is 1.32 bits per heavy atom. The molecule has 0 saturated heterocycles. The number of imide groups is 1. The Labute approximate surface area is 133 Å². The van der Waals surface area contributed by atoms with E-state index in [0.717, 1.165) is 6.42 Å². The molecule has 0 atom stereocenters. The van der Waals surface area contributed by atoms with Gasteiger partial charge >= 0.3 is 12.0 Å². The second-order valence-corrected chi connectivity index (χ2v) is 4.98. The van der Waals surface area contributed by atoms with E-state index >= 15 is 0 Å². The quantitative estimate of drug-likeness (QED) is 0.634. The molecular formula is C14H18ClN3O4. The molecule has 2 N–H and O–H groups in total. The van der Waals surface area contributed by atoms with Crippen molar-refractivity contribution in [3.63, 3.8) is 0 Å². The van der Waals surface area contributed by atoms with Crippen molar-refractivity contribution < 1.29 is 19.1 Å². The number of carbonyl (C=O) groups excluding carboxylic acids is 3. The Bertz CT molecular complexity index is 566. The molecule has 0 bridgehead atoms. The van der Waals surface area contributed by atoms with Crippen molar-refractivity contribution in [2.45, 2.75) is 27.2 Å². The van der Waals surface area contributed by atoms with Crippen LogP contribution in [0, 0.1) is 13.8 Å². The third-order valence-corrected chi connectivity index (χ3v) is 2.90. The minimum atomic E-state index is -0.765. The molecular weight excluding hydrogens is 310 g/mol. The summed E-state index contributed by atoms with van der Waals surface area (Å²) in [7, 11) is 0. The average molecular weight is 328 g/mol. The lowest BCUT2D eigenvalue weighted by Gasteiger charge is -2.09. The molecule has 0 aliphatic heterocycles. The van der Waals surface area contributed by atoms with Gasteiger partial charge in [0.25, 0.3) is 5.91 Å². The van der Waals surface area contributed by atoms with Gasteiger partial charge in [0.05, 0.1) is 5.56 Å². The molecule has 1 aromatic rings. The molecule has 22 heavy (non-hydrogen) atoms. The number of halogens is 1. The minimum Gasteiger partial charge on any atom is -0.452 e. The maximum Gasteiger partial charge on any atom is 0.342 e. The van der Waals surface area contributed by atoms with Gasteiger partial charge in [-0.2, -0.15) is 0 Å². The van der Waals surface area contributed by atoms with Crippen molar-refractivity contribution in [1.29, 1.82) is 0 Å². The van der Waals surface area contributed by atoms with Crippen molar-refractivity contribution in [3.05, 3.63) is 28.0 Å². The monoisotopic (exact) mass is 327 g/mol. The van der Waals surface area contributed by atoms with Crippen molar-refractivity contribution in [1.82, 2.24) is 15.6 Å². The molecule has 7 nitrogen and oxygen atoms in total. The van der Waals surface area contributed by atoms with Crippen LogP contribution in [-0.2, 0) is 9.53 Å². The topological polar surface area (TPSA) is 97.4 Å². The summed E-state index contributed by atoms with van der Waals surface area (Å²) in [5.41, 5.74) is 1.38. The number of esters is 1. The molecule has 0 aromatic carbocycles. The number of urea groups is 1. The molecule has 1 rings (SSSR count). The Hall–Kier alpha value is -2.15. The fourth-order valence-electron chi connectivity index (χ4n) is 1.69. The zero-order valence-electron chi connectivity index (χ0n) is 12.7. The lowest BCUT2D eigenvalue weighted by molar-refractivity contribution is -0.123. The number of nitrogens with zero attached hydrogens (tertiary/aromatic N) is 1. The summed E-state index contributed by atoms with van der Waals surface area (Å²) in [4.78, 5) is 38.6. The average Bonchev–Trinajstić information content (AvgIpc) is 2.41. The van der Waals surface area contributed by atoms with Gasteiger partial charge in [0.15, 0.2) is 6.61 Å². The first-order chi connectivity index (χ1) is 10.3. The zero-order chi connectivity index (χ0) is 16.7. The summed E-state index contributed by atoms with van der Waals surface area (Å²) in [6.45, 7) is 5.18. The van der Waals surface area contributed by atoms with Gasteiger partial charge < -0.3 is 10.1 Å². The van der Waals surface area contributed by atoms with E-state index in [0.29, 0.717) is 17.8 Å². The van der Waals surface area contributed by atoms with Gasteiger partial charge in [0.1, 0.15) is 5.15 Å². The van der Waals surface area contributed by atoms with E-state index in [9.17, 15) is 14.4 Å². The highest BCUT2D eigenvalue weighted by Crippen LogP contribution is 2.19. The summed E-state index contributed by atoms with van der Waals surface area (Å²) in [6, 6.07) is 1.05. The first-order valence-corrected chi connectivity index (χ1v) is 7.11. The Kier molecular flexibility index (Phi) is 6.78. The number of aromatic nitrogens is 1. The van der Waals surface area contributed by atoms with E-state index in [4.69, 9.17) is 16.3 Å². The lowest BCUT2D eigenvalue weighted by Crippen LogP contribution is -2.41. The number of amides is 3. The summed E-state index contributed by atoms with van der Waals surface area (Å²) in [5.74, 6) is -1.49. The van der Waals surface area contributed by atoms with Gasteiger partial charge in [-0.25, -0.2) is 14.6 Å². The third-order valence-electron chi connectivity index (χ3n) is 2.63. The summed E-state index contributed by atoms with van der Waals surface area (Å²) >= 11 is 5.91. The standard InChI is InChI=1S/C14H18ClN3O4/c1-4-5-16-14(21)18-10(19)7-22-13(20)11-8(2)6-9(3)17-12(11)15/h6H,4-5,7H2,1-3H3,(H2,16,18,19,21). The maximum atomic E-state index is 11.9. The predicted octanol–water partition coefficient (Wildman–Crippen LogP) is 1.74. The molecule has 1 aromatic heterocycles. The number of carbonyl (C=O) groups is 3. The molecule has 0 unspecified atom stereocenters. The molecule has 8 heteroatoms. The van der Waals surface area contributed by atoms with Gasteiger partial charge in [-0.05, 0) is 31.9 Å². The Balaban J connectivity index is 2.56. The fourth-order valence-corrected chi connectivity index (χ4v) is 2.04. The lowest BCUT2D eigenvalue weighted by atomic mass is 10.1. The van der Waals surface area contributed by atoms with Crippen molar-refractivity contribution >= 4 is 29.5 Å². The van der Waals surface area contributed by atoms with Crippen LogP contribution in [0.2, 0.25) is 5.15 Å². The minimum absolute atomic E-state index is 0.0172. The Morgan fingerprint density at radius 2 is 2.00 bits per heavy atom. The normalized spacial score (nSPS) is 10.0. The van der Waals surface area contributed by atoms with Crippen molar-refractivity contribution in [3.8, 4) is 0 Å². The van der Waals surface area contributed by atoms with Gasteiger partial charge in [-0.3, -0.25) is 10.1 Å². The van der Waals surface area contributed by atoms with Gasteiger partial charge in [-0.15, -0.1) is 0 Å². The van der Waals surface area contributed by atoms with Crippen LogP contribution in [0.25, 0.3) is 0 Å². The van der Waals surface area contributed by atoms with E-state index in [1.807, 2.05) is 12.2 Å². The van der Waals surface area contributed by atoms with Gasteiger partial charge in [0, 0.05) is 12.2 Å². The van der Waals surface area contributed by atoms with E-state index in [1.54, 1.807) is 19.9 Å². The van der Waals surface area contributed by atoms with Crippen molar-refractivity contribution in [2.75, 3.05) is 13.2 Å². The fraction of sp³-hybridized carbons (Fsp3) is 0.429. The van der Waals surface area contributed by atoms with Crippen LogP contribution in [0.15, 0.2) is 6.07 Å². The third kappa shape index (κ3) is 5.33. The number of hydrogen-bond donors (Lipinski definition) is 2. The number of hydrogen-bond acceptors (Lipinski definition) is 5. The molecule has 120 valence electrons. The van der Waals surface area contributed by atoms with E-state index < -0.39 is 24.5 Å². The van der Waals surface area contributed by atoms with E-state index in [-0.39, 0.29) is 10.7 Å². The van der Waals surface area contributed by atoms with Crippen LogP contribution in [0.1, 0.15) is 35.0 Å². The van der Waals surface area contributed by atoms with E-state index in [2.05, 4.69) is 10.3 Å². The summed E-state index contributed by atoms with van der Waals surface area (Å²) < 4.78 is 4.84. The maximum absolute atomic E-state index is 11.9. The van der Waals surface area contributed by atoms with E-state index in [1.165, 1.54) is 0 Å². The molecule has 3 amide bonds. The molecule has 0 aliphatic rings. The molecule has 1 heterocycles. The van der Waals surface area contributed by atoms with Crippen LogP contribution in [0.3, 0.4) is 0 Å². The highest BCUT2D eigenvalue weighted by Gasteiger charge is 2.18. The predicted molar refractivity (Wildman–Crippen MR) is 80.8 cm³/mol. The molecule has 0 spiro atoms. The van der Waals surface area contributed by atoms with Gasteiger partial charge in [0.2, 0.25) is 0 Å². The number of aryl methyl sites for hydroxylation is 2. The molecule has 0 radical (unpaired) electrons. The Morgan fingerprint density at radius 3 is 2.59 bits per heavy atom. The highest BCUT2D eigenvalue weighted by molar-refractivity contribution is 6.32. The molecule has 0 aliphatic carbocycles. The zero-order valence-corrected chi connectivity index (χ0v) is 13.4. The smallest absolute Gasteiger partial charge is 0.342 e. The largest absolute Gasteiger partial charge is 0.452 e. The van der Waals surface area contributed by atoms with Crippen LogP contribution < -0.4 is 10.6 Å². The SMILES string of the molecule is CCCNC(=O)NC(=O)COC(=O)c1c(C)cc(C)nc1Cl. The van der Waals surface area contributed by atoms with Crippen LogP contribution in [-0.4, -0.2) is 36.0 Å². The van der Waals surface area contributed by atoms with Crippen LogP contribution >= 0.6 is 11.6 Å². The number of pyridine rings is 1. The number of ether oxygens (including phenoxy) is 1. The van der Waals surface area contributed by atoms with Crippen molar-refractivity contribution in [2.24, 2.45) is 0 Å². The second kappa shape index (κ2) is 8.33.